The Morgan fingerprint density at radius 1 is 1.30 bits per heavy atom. The van der Waals surface area contributed by atoms with Crippen molar-refractivity contribution < 1.29 is 9.47 Å². The first-order valence-electron chi connectivity index (χ1n) is 6.03. The first kappa shape index (κ1) is 17.8. The van der Waals surface area contributed by atoms with Crippen LogP contribution in [0.15, 0.2) is 22.7 Å². The van der Waals surface area contributed by atoms with Crippen molar-refractivity contribution in [2.75, 3.05) is 6.61 Å². The Kier molecular flexibility index (Phi) is 7.90. The normalized spacial score (nSPS) is 11.9. The molecule has 0 aliphatic rings. The molecule has 0 bridgehead atoms. The Labute approximate surface area is 139 Å². The predicted octanol–water partition coefficient (Wildman–Crippen LogP) is 6.07. The quantitative estimate of drug-likeness (QED) is 0.589. The van der Waals surface area contributed by atoms with E-state index in [2.05, 4.69) is 6.92 Å². The summed E-state index contributed by atoms with van der Waals surface area (Å²) in [4.78, 5) is 0. The second-order valence-electron chi connectivity index (χ2n) is 4.09. The van der Waals surface area contributed by atoms with E-state index in [0.29, 0.717) is 21.5 Å². The molecule has 2 nitrogen and oxygen atoms in total. The zero-order valence-corrected chi connectivity index (χ0v) is 14.0. The summed E-state index contributed by atoms with van der Waals surface area (Å²) < 4.78 is 11.2. The lowest BCUT2D eigenvalue weighted by molar-refractivity contribution is 0.212. The lowest BCUT2D eigenvalue weighted by Gasteiger charge is -2.17. The largest absolute Gasteiger partial charge is 0.489 e. The highest BCUT2D eigenvalue weighted by Gasteiger charge is 2.13. The Balaban J connectivity index is 2.78. The van der Waals surface area contributed by atoms with Crippen LogP contribution in [-0.2, 0) is 0 Å². The molecule has 0 saturated carbocycles. The molecule has 0 heterocycles. The molecule has 0 saturated heterocycles. The maximum Gasteiger partial charge on any atom is 0.157 e. The van der Waals surface area contributed by atoms with Gasteiger partial charge in [-0.1, -0.05) is 53.3 Å². The van der Waals surface area contributed by atoms with Gasteiger partial charge in [-0.25, -0.2) is 0 Å². The summed E-state index contributed by atoms with van der Waals surface area (Å²) in [5.74, 6) is 0.968. The fraction of sp³-hybridized carbons (Fsp3) is 0.357. The van der Waals surface area contributed by atoms with Crippen LogP contribution >= 0.6 is 46.4 Å². The van der Waals surface area contributed by atoms with E-state index < -0.39 is 0 Å². The number of rotatable bonds is 7. The van der Waals surface area contributed by atoms with Crippen LogP contribution in [0.5, 0.6) is 11.5 Å². The first-order valence-corrected chi connectivity index (χ1v) is 7.54. The fourth-order valence-electron chi connectivity index (χ4n) is 1.48. The van der Waals surface area contributed by atoms with Crippen LogP contribution in [0.3, 0.4) is 0 Å². The molecule has 6 heteroatoms. The van der Waals surface area contributed by atoms with Crippen molar-refractivity contribution in [3.8, 4) is 11.5 Å². The van der Waals surface area contributed by atoms with E-state index >= 15 is 0 Å². The van der Waals surface area contributed by atoms with Crippen LogP contribution in [0.2, 0.25) is 10.0 Å². The molecule has 1 unspecified atom stereocenters. The van der Waals surface area contributed by atoms with Crippen molar-refractivity contribution in [2.45, 2.75) is 25.9 Å². The van der Waals surface area contributed by atoms with Gasteiger partial charge in [-0.2, -0.15) is 0 Å². The molecule has 0 spiro atoms. The van der Waals surface area contributed by atoms with Crippen LogP contribution in [0.1, 0.15) is 19.8 Å². The van der Waals surface area contributed by atoms with E-state index in [1.165, 1.54) is 6.08 Å². The van der Waals surface area contributed by atoms with Crippen LogP contribution in [0, 0.1) is 6.92 Å². The number of ether oxygens (including phenoxy) is 2. The molecule has 1 aromatic rings. The maximum absolute atomic E-state index is 6.15. The Hall–Kier alpha value is -0.280. The van der Waals surface area contributed by atoms with Gasteiger partial charge in [0.1, 0.15) is 16.8 Å². The number of hydrogen-bond acceptors (Lipinski definition) is 2. The molecule has 0 aromatic heterocycles. The monoisotopic (exact) mass is 355 g/mol. The molecular formula is C14H15Cl4O2. The van der Waals surface area contributed by atoms with E-state index in [9.17, 15) is 0 Å². The summed E-state index contributed by atoms with van der Waals surface area (Å²) in [6.07, 6.45) is 3.12. The van der Waals surface area contributed by atoms with Crippen LogP contribution in [0.4, 0.5) is 0 Å². The van der Waals surface area contributed by atoms with Gasteiger partial charge in [0.05, 0.1) is 16.1 Å². The summed E-state index contributed by atoms with van der Waals surface area (Å²) in [5, 5.41) is 0.786. The zero-order chi connectivity index (χ0) is 15.1. The molecule has 0 N–H and O–H groups in total. The van der Waals surface area contributed by atoms with Crippen LogP contribution in [-0.4, -0.2) is 12.7 Å². The summed E-state index contributed by atoms with van der Waals surface area (Å²) >= 11 is 23.3. The molecule has 1 atom stereocenters. The highest BCUT2D eigenvalue weighted by Crippen LogP contribution is 2.37. The maximum atomic E-state index is 6.15. The number of halogens is 4. The van der Waals surface area contributed by atoms with Gasteiger partial charge in [-0.05, 0) is 25.8 Å². The van der Waals surface area contributed by atoms with Crippen LogP contribution in [0.25, 0.3) is 0 Å². The van der Waals surface area contributed by atoms with Gasteiger partial charge in [0.25, 0.3) is 0 Å². The van der Waals surface area contributed by atoms with Gasteiger partial charge in [-0.15, -0.1) is 0 Å². The van der Waals surface area contributed by atoms with Gasteiger partial charge in [0.2, 0.25) is 0 Å². The summed E-state index contributed by atoms with van der Waals surface area (Å²) in [5.41, 5.74) is 0. The first-order chi connectivity index (χ1) is 9.43. The molecule has 1 aromatic carbocycles. The van der Waals surface area contributed by atoms with Crippen molar-refractivity contribution in [3.05, 3.63) is 39.7 Å². The molecule has 20 heavy (non-hydrogen) atoms. The molecule has 0 fully saturated rings. The molecule has 0 aliphatic heterocycles. The second kappa shape index (κ2) is 8.89. The molecule has 0 aliphatic carbocycles. The number of benzene rings is 1. The van der Waals surface area contributed by atoms with E-state index in [-0.39, 0.29) is 17.2 Å². The Bertz CT molecular complexity index is 447. The standard InChI is InChI=1S/C14H15Cl4O2/c1-3-4-9(2)20-14-11(15)7-10(8-12(14)16)19-6-5-13(17)18/h5,7-9H,1,3-4,6H2,2H3. The Morgan fingerprint density at radius 3 is 2.40 bits per heavy atom. The SMILES string of the molecule is [CH2]CCC(C)Oc1c(Cl)cc(OCC=C(Cl)Cl)cc1Cl. The lowest BCUT2D eigenvalue weighted by atomic mass is 10.2. The minimum atomic E-state index is -0.00717. The van der Waals surface area contributed by atoms with Crippen molar-refractivity contribution in [3.63, 3.8) is 0 Å². The van der Waals surface area contributed by atoms with Gasteiger partial charge in [0.15, 0.2) is 5.75 Å². The van der Waals surface area contributed by atoms with Crippen LogP contribution < -0.4 is 9.47 Å². The third kappa shape index (κ3) is 6.01. The van der Waals surface area contributed by atoms with E-state index in [1.807, 2.05) is 6.92 Å². The minimum absolute atomic E-state index is 0.00717. The topological polar surface area (TPSA) is 18.5 Å². The fourth-order valence-corrected chi connectivity index (χ4v) is 2.16. The molecule has 111 valence electrons. The third-order valence-electron chi connectivity index (χ3n) is 2.39. The summed E-state index contributed by atoms with van der Waals surface area (Å²) in [7, 11) is 0. The van der Waals surface area contributed by atoms with Gasteiger partial charge < -0.3 is 9.47 Å². The molecule has 0 amide bonds. The number of hydrogen-bond donors (Lipinski definition) is 0. The summed E-state index contributed by atoms with van der Waals surface area (Å²) in [6, 6.07) is 3.27. The van der Waals surface area contributed by atoms with Gasteiger partial charge >= 0.3 is 0 Å². The van der Waals surface area contributed by atoms with Gasteiger partial charge in [0, 0.05) is 12.1 Å². The summed E-state index contributed by atoms with van der Waals surface area (Å²) in [6.45, 7) is 5.95. The average molecular weight is 357 g/mol. The molecule has 1 rings (SSSR count). The highest BCUT2D eigenvalue weighted by atomic mass is 35.5. The van der Waals surface area contributed by atoms with Crippen molar-refractivity contribution in [1.29, 1.82) is 0 Å². The smallest absolute Gasteiger partial charge is 0.157 e. The van der Waals surface area contributed by atoms with Crippen molar-refractivity contribution >= 4 is 46.4 Å². The van der Waals surface area contributed by atoms with E-state index in [4.69, 9.17) is 55.9 Å². The predicted molar refractivity (Wildman–Crippen MR) is 86.4 cm³/mol. The highest BCUT2D eigenvalue weighted by molar-refractivity contribution is 6.55. The van der Waals surface area contributed by atoms with E-state index in [0.717, 1.165) is 12.8 Å². The Morgan fingerprint density at radius 2 is 1.90 bits per heavy atom. The minimum Gasteiger partial charge on any atom is -0.489 e. The van der Waals surface area contributed by atoms with E-state index in [1.54, 1.807) is 12.1 Å². The van der Waals surface area contributed by atoms with Crippen molar-refractivity contribution in [1.82, 2.24) is 0 Å². The van der Waals surface area contributed by atoms with Gasteiger partial charge in [-0.3, -0.25) is 0 Å². The second-order valence-corrected chi connectivity index (χ2v) is 5.91. The average Bonchev–Trinajstić information content (AvgIpc) is 2.34. The molecular weight excluding hydrogens is 342 g/mol. The third-order valence-corrected chi connectivity index (χ3v) is 3.26. The molecule has 1 radical (unpaired) electrons. The lowest BCUT2D eigenvalue weighted by Crippen LogP contribution is -2.11. The van der Waals surface area contributed by atoms with Crippen molar-refractivity contribution in [2.24, 2.45) is 0 Å². The zero-order valence-electron chi connectivity index (χ0n) is 11.0.